The van der Waals surface area contributed by atoms with Crippen molar-refractivity contribution >= 4 is 15.9 Å². The highest BCUT2D eigenvalue weighted by Crippen LogP contribution is 2.31. The highest BCUT2D eigenvalue weighted by atomic mass is 79.9. The second-order valence-corrected chi connectivity index (χ2v) is 5.53. The van der Waals surface area contributed by atoms with Gasteiger partial charge in [-0.25, -0.2) is 8.78 Å². The second-order valence-electron chi connectivity index (χ2n) is 4.73. The maximum absolute atomic E-state index is 13.5. The molecule has 0 aliphatic heterocycles. The minimum absolute atomic E-state index is 0.0367. The lowest BCUT2D eigenvalue weighted by molar-refractivity contribution is 0.311. The Kier molecular flexibility index (Phi) is 3.69. The zero-order valence-corrected chi connectivity index (χ0v) is 12.0. The van der Waals surface area contributed by atoms with Crippen molar-refractivity contribution in [2.45, 2.75) is 19.3 Å². The van der Waals surface area contributed by atoms with Crippen LogP contribution in [0.2, 0.25) is 0 Å². The molecule has 0 fully saturated rings. The van der Waals surface area contributed by atoms with Gasteiger partial charge in [0.25, 0.3) is 0 Å². The van der Waals surface area contributed by atoms with Crippen LogP contribution in [0.1, 0.15) is 19.7 Å². The van der Waals surface area contributed by atoms with Gasteiger partial charge in [-0.3, -0.25) is 0 Å². The average molecular weight is 332 g/mol. The predicted molar refractivity (Wildman–Crippen MR) is 69.4 cm³/mol. The number of nitrogens with two attached hydrogens (primary N) is 1. The third kappa shape index (κ3) is 2.52. The van der Waals surface area contributed by atoms with Gasteiger partial charge in [-0.2, -0.15) is 4.98 Å². The van der Waals surface area contributed by atoms with Crippen LogP contribution in [0.4, 0.5) is 8.78 Å². The Morgan fingerprint density at radius 1 is 1.37 bits per heavy atom. The zero-order chi connectivity index (χ0) is 14.2. The fourth-order valence-electron chi connectivity index (χ4n) is 1.39. The fourth-order valence-corrected chi connectivity index (χ4v) is 1.89. The number of benzene rings is 1. The minimum atomic E-state index is -0.984. The first-order valence-electron chi connectivity index (χ1n) is 5.55. The molecule has 102 valence electrons. The van der Waals surface area contributed by atoms with Crippen molar-refractivity contribution in [2.75, 3.05) is 6.54 Å². The van der Waals surface area contributed by atoms with E-state index in [-0.39, 0.29) is 10.3 Å². The molecule has 19 heavy (non-hydrogen) atoms. The maximum Gasteiger partial charge on any atom is 0.233 e. The van der Waals surface area contributed by atoms with Gasteiger partial charge in [-0.15, -0.1) is 0 Å². The standard InChI is InChI=1S/C12H12BrF2N3O/c1-12(2,5-16)11-17-10(18-19-11)6-3-4-7(14)9(15)8(6)13/h3-4H,5,16H2,1-2H3. The summed E-state index contributed by atoms with van der Waals surface area (Å²) in [5.74, 6) is -1.40. The molecule has 0 bridgehead atoms. The summed E-state index contributed by atoms with van der Waals surface area (Å²) in [6, 6.07) is 2.39. The lowest BCUT2D eigenvalue weighted by atomic mass is 9.94. The number of hydrogen-bond acceptors (Lipinski definition) is 4. The van der Waals surface area contributed by atoms with Gasteiger partial charge in [0, 0.05) is 12.1 Å². The number of halogens is 3. The SMILES string of the molecule is CC(C)(CN)c1nc(-c2ccc(F)c(F)c2Br)no1. The van der Waals surface area contributed by atoms with E-state index >= 15 is 0 Å². The fraction of sp³-hybridized carbons (Fsp3) is 0.333. The van der Waals surface area contributed by atoms with E-state index in [4.69, 9.17) is 10.3 Å². The van der Waals surface area contributed by atoms with Crippen LogP contribution in [-0.4, -0.2) is 16.7 Å². The Morgan fingerprint density at radius 3 is 2.68 bits per heavy atom. The van der Waals surface area contributed by atoms with E-state index in [1.54, 1.807) is 0 Å². The number of rotatable bonds is 3. The lowest BCUT2D eigenvalue weighted by Crippen LogP contribution is -2.28. The van der Waals surface area contributed by atoms with Crippen LogP contribution < -0.4 is 5.73 Å². The van der Waals surface area contributed by atoms with Crippen molar-refractivity contribution in [3.63, 3.8) is 0 Å². The summed E-state index contributed by atoms with van der Waals surface area (Å²) in [5.41, 5.74) is 5.46. The van der Waals surface area contributed by atoms with E-state index in [9.17, 15) is 8.78 Å². The first-order chi connectivity index (χ1) is 8.86. The summed E-state index contributed by atoms with van der Waals surface area (Å²) in [6.07, 6.45) is 0. The average Bonchev–Trinajstić information content (AvgIpc) is 2.86. The van der Waals surface area contributed by atoms with Crippen LogP contribution in [0.3, 0.4) is 0 Å². The molecule has 0 aliphatic rings. The van der Waals surface area contributed by atoms with Crippen LogP contribution in [0, 0.1) is 11.6 Å². The molecule has 0 aliphatic carbocycles. The quantitative estimate of drug-likeness (QED) is 0.878. The van der Waals surface area contributed by atoms with Crippen LogP contribution in [0.15, 0.2) is 21.1 Å². The smallest absolute Gasteiger partial charge is 0.233 e. The van der Waals surface area contributed by atoms with Gasteiger partial charge in [0.1, 0.15) is 0 Å². The third-order valence-corrected chi connectivity index (χ3v) is 3.57. The maximum atomic E-state index is 13.5. The molecule has 1 aromatic carbocycles. The van der Waals surface area contributed by atoms with E-state index < -0.39 is 17.0 Å². The third-order valence-electron chi connectivity index (χ3n) is 2.79. The molecule has 2 rings (SSSR count). The minimum Gasteiger partial charge on any atom is -0.338 e. The second kappa shape index (κ2) is 4.97. The van der Waals surface area contributed by atoms with Crippen molar-refractivity contribution in [2.24, 2.45) is 5.73 Å². The van der Waals surface area contributed by atoms with E-state index in [1.165, 1.54) is 6.07 Å². The summed E-state index contributed by atoms with van der Waals surface area (Å²) in [7, 11) is 0. The van der Waals surface area contributed by atoms with Crippen LogP contribution in [-0.2, 0) is 5.41 Å². The van der Waals surface area contributed by atoms with Crippen molar-refractivity contribution in [3.05, 3.63) is 34.1 Å². The molecule has 4 nitrogen and oxygen atoms in total. The summed E-state index contributed by atoms with van der Waals surface area (Å²) in [4.78, 5) is 4.18. The molecule has 2 aromatic rings. The summed E-state index contributed by atoms with van der Waals surface area (Å²) in [5, 5.41) is 3.77. The molecular formula is C12H12BrF2N3O. The molecule has 0 saturated carbocycles. The van der Waals surface area contributed by atoms with Crippen molar-refractivity contribution in [1.29, 1.82) is 0 Å². The van der Waals surface area contributed by atoms with Gasteiger partial charge in [-0.05, 0) is 41.9 Å². The van der Waals surface area contributed by atoms with Crippen molar-refractivity contribution in [1.82, 2.24) is 10.1 Å². The number of nitrogens with zero attached hydrogens (tertiary/aromatic N) is 2. The monoisotopic (exact) mass is 331 g/mol. The highest BCUT2D eigenvalue weighted by molar-refractivity contribution is 9.10. The summed E-state index contributed by atoms with van der Waals surface area (Å²) < 4.78 is 31.6. The normalized spacial score (nSPS) is 11.9. The Balaban J connectivity index is 2.47. The van der Waals surface area contributed by atoms with Gasteiger partial charge >= 0.3 is 0 Å². The molecule has 0 saturated heterocycles. The van der Waals surface area contributed by atoms with Gasteiger partial charge in [0.2, 0.25) is 11.7 Å². The summed E-state index contributed by atoms with van der Waals surface area (Å²) in [6.45, 7) is 4.03. The van der Waals surface area contributed by atoms with Gasteiger partial charge in [0.15, 0.2) is 11.6 Å². The molecule has 0 radical (unpaired) electrons. The predicted octanol–water partition coefficient (Wildman–Crippen LogP) is 3.01. The molecule has 0 spiro atoms. The van der Waals surface area contributed by atoms with E-state index in [0.29, 0.717) is 18.0 Å². The Labute approximate surface area is 117 Å². The van der Waals surface area contributed by atoms with E-state index in [0.717, 1.165) is 6.07 Å². The van der Waals surface area contributed by atoms with E-state index in [1.807, 2.05) is 13.8 Å². The first-order valence-corrected chi connectivity index (χ1v) is 6.34. The number of aromatic nitrogens is 2. The van der Waals surface area contributed by atoms with Crippen LogP contribution in [0.5, 0.6) is 0 Å². The Bertz CT molecular complexity index is 613. The largest absolute Gasteiger partial charge is 0.338 e. The van der Waals surface area contributed by atoms with Crippen LogP contribution in [0.25, 0.3) is 11.4 Å². The van der Waals surface area contributed by atoms with Gasteiger partial charge in [-0.1, -0.05) is 5.16 Å². The molecular weight excluding hydrogens is 320 g/mol. The topological polar surface area (TPSA) is 64.9 Å². The lowest BCUT2D eigenvalue weighted by Gasteiger charge is -2.15. The molecule has 0 atom stereocenters. The molecule has 0 amide bonds. The zero-order valence-electron chi connectivity index (χ0n) is 10.4. The van der Waals surface area contributed by atoms with E-state index in [2.05, 4.69) is 26.1 Å². The Hall–Kier alpha value is -1.34. The molecule has 2 N–H and O–H groups in total. The van der Waals surface area contributed by atoms with Crippen LogP contribution >= 0.6 is 15.9 Å². The first kappa shape index (κ1) is 14.1. The van der Waals surface area contributed by atoms with Crippen molar-refractivity contribution < 1.29 is 13.3 Å². The van der Waals surface area contributed by atoms with Gasteiger partial charge in [0.05, 0.1) is 9.89 Å². The van der Waals surface area contributed by atoms with Crippen molar-refractivity contribution in [3.8, 4) is 11.4 Å². The summed E-state index contributed by atoms with van der Waals surface area (Å²) >= 11 is 2.98. The molecule has 1 aromatic heterocycles. The molecule has 0 unspecified atom stereocenters. The number of hydrogen-bond donors (Lipinski definition) is 1. The highest BCUT2D eigenvalue weighted by Gasteiger charge is 2.27. The Morgan fingerprint density at radius 2 is 2.05 bits per heavy atom. The van der Waals surface area contributed by atoms with Gasteiger partial charge < -0.3 is 10.3 Å². The molecule has 1 heterocycles. The molecule has 7 heteroatoms.